The molecule has 0 radical (unpaired) electrons. The molecule has 2 heterocycles. The van der Waals surface area contributed by atoms with Crippen LogP contribution in [0.25, 0.3) is 0 Å². The highest BCUT2D eigenvalue weighted by atomic mass is 19.4. The number of fused-ring (bicyclic) bond motifs is 1. The minimum absolute atomic E-state index is 0.103. The zero-order valence-corrected chi connectivity index (χ0v) is 15.2. The van der Waals surface area contributed by atoms with Crippen molar-refractivity contribution < 1.29 is 26.3 Å². The number of aliphatic imine (C=N–C) groups is 1. The molecule has 0 bridgehead atoms. The number of alkyl halides is 6. The Morgan fingerprint density at radius 2 is 1.57 bits per heavy atom. The van der Waals surface area contributed by atoms with Crippen molar-refractivity contribution in [1.82, 2.24) is 9.97 Å². The van der Waals surface area contributed by atoms with Gasteiger partial charge in [0.1, 0.15) is 5.69 Å². The van der Waals surface area contributed by atoms with Crippen molar-refractivity contribution in [2.75, 3.05) is 11.9 Å². The highest BCUT2D eigenvalue weighted by Crippen LogP contribution is 2.31. The van der Waals surface area contributed by atoms with Gasteiger partial charge in [-0.05, 0) is 48.4 Å². The highest BCUT2D eigenvalue weighted by Gasteiger charge is 2.35. The summed E-state index contributed by atoms with van der Waals surface area (Å²) in [6, 6.07) is 9.84. The molecule has 0 fully saturated rings. The second-order valence-electron chi connectivity index (χ2n) is 6.68. The number of benzene rings is 2. The van der Waals surface area contributed by atoms with Gasteiger partial charge >= 0.3 is 12.4 Å². The number of rotatable bonds is 3. The first-order valence-electron chi connectivity index (χ1n) is 8.86. The molecule has 0 amide bonds. The van der Waals surface area contributed by atoms with Crippen LogP contribution in [0.4, 0.5) is 37.7 Å². The van der Waals surface area contributed by atoms with E-state index in [-0.39, 0.29) is 5.69 Å². The molecule has 2 aromatic carbocycles. The highest BCUT2D eigenvalue weighted by molar-refractivity contribution is 6.13. The predicted molar refractivity (Wildman–Crippen MR) is 99.0 cm³/mol. The predicted octanol–water partition coefficient (Wildman–Crippen LogP) is 5.58. The van der Waals surface area contributed by atoms with Crippen molar-refractivity contribution >= 4 is 17.1 Å². The van der Waals surface area contributed by atoms with Crippen molar-refractivity contribution in [3.63, 3.8) is 0 Å². The summed E-state index contributed by atoms with van der Waals surface area (Å²) >= 11 is 0. The second kappa shape index (κ2) is 7.19. The molecule has 3 aromatic rings. The van der Waals surface area contributed by atoms with E-state index in [1.807, 2.05) is 0 Å². The Hall–Kier alpha value is -3.30. The molecule has 0 spiro atoms. The van der Waals surface area contributed by atoms with E-state index < -0.39 is 23.7 Å². The van der Waals surface area contributed by atoms with Gasteiger partial charge in [-0.1, -0.05) is 6.07 Å². The van der Waals surface area contributed by atoms with Gasteiger partial charge in [0.2, 0.25) is 5.82 Å². The van der Waals surface area contributed by atoms with Gasteiger partial charge in [0.25, 0.3) is 0 Å². The Labute approximate surface area is 166 Å². The summed E-state index contributed by atoms with van der Waals surface area (Å²) in [6.45, 7) is 0.389. The van der Waals surface area contributed by atoms with E-state index in [1.54, 1.807) is 18.2 Å². The molecule has 156 valence electrons. The molecular weight excluding hydrogens is 410 g/mol. The average Bonchev–Trinajstić information content (AvgIpc) is 3.17. The maximum Gasteiger partial charge on any atom is 0.449 e. The third-order valence-corrected chi connectivity index (χ3v) is 4.60. The summed E-state index contributed by atoms with van der Waals surface area (Å²) in [5, 5.41) is 3.03. The molecule has 1 aliphatic rings. The van der Waals surface area contributed by atoms with Crippen molar-refractivity contribution in [3.8, 4) is 0 Å². The Morgan fingerprint density at radius 1 is 0.867 bits per heavy atom. The number of aromatic nitrogens is 2. The molecule has 0 saturated carbocycles. The Bertz CT molecular complexity index is 1090. The van der Waals surface area contributed by atoms with Gasteiger partial charge in [0.05, 0.1) is 11.3 Å². The van der Waals surface area contributed by atoms with Gasteiger partial charge in [-0.2, -0.15) is 26.3 Å². The van der Waals surface area contributed by atoms with Gasteiger partial charge in [0, 0.05) is 29.7 Å². The maximum atomic E-state index is 12.8. The number of anilines is 2. The Kier molecular flexibility index (Phi) is 4.79. The molecule has 30 heavy (non-hydrogen) atoms. The summed E-state index contributed by atoms with van der Waals surface area (Å²) < 4.78 is 76.5. The topological polar surface area (TPSA) is 53.1 Å². The van der Waals surface area contributed by atoms with Crippen molar-refractivity contribution in [2.45, 2.75) is 18.8 Å². The lowest BCUT2D eigenvalue weighted by Gasteiger charge is -2.18. The lowest BCUT2D eigenvalue weighted by molar-refractivity contribution is -0.144. The van der Waals surface area contributed by atoms with E-state index in [2.05, 4.69) is 20.3 Å². The van der Waals surface area contributed by atoms with E-state index in [9.17, 15) is 26.3 Å². The van der Waals surface area contributed by atoms with Crippen LogP contribution in [0.3, 0.4) is 0 Å². The number of H-pyrrole nitrogens is 1. The number of nitrogens with zero attached hydrogens (tertiary/aromatic N) is 2. The maximum absolute atomic E-state index is 12.8. The molecule has 1 aromatic heterocycles. The summed E-state index contributed by atoms with van der Waals surface area (Å²) in [4.78, 5) is 10.0. The zero-order valence-electron chi connectivity index (χ0n) is 15.2. The summed E-state index contributed by atoms with van der Waals surface area (Å²) in [6.07, 6.45) is -7.23. The second-order valence-corrected chi connectivity index (χ2v) is 6.68. The molecule has 0 saturated heterocycles. The van der Waals surface area contributed by atoms with E-state index in [0.29, 0.717) is 35.6 Å². The SMILES string of the molecule is FC(F)(F)c1ccc(Nc2ccc3c(c2)CCN=C3c2c[nH]c(C(F)(F)F)n2)cc1. The van der Waals surface area contributed by atoms with E-state index in [0.717, 1.165) is 17.7 Å². The molecule has 2 N–H and O–H groups in total. The molecule has 4 nitrogen and oxygen atoms in total. The minimum atomic E-state index is -4.58. The number of nitrogens with one attached hydrogen (secondary N) is 2. The molecule has 0 unspecified atom stereocenters. The normalized spacial score (nSPS) is 14.3. The monoisotopic (exact) mass is 424 g/mol. The number of imidazole rings is 1. The van der Waals surface area contributed by atoms with Gasteiger partial charge in [-0.25, -0.2) is 4.98 Å². The number of hydrogen-bond donors (Lipinski definition) is 2. The molecule has 10 heteroatoms. The average molecular weight is 424 g/mol. The van der Waals surface area contributed by atoms with Crippen LogP contribution in [0.2, 0.25) is 0 Å². The number of hydrogen-bond acceptors (Lipinski definition) is 3. The fourth-order valence-corrected chi connectivity index (χ4v) is 3.20. The third kappa shape index (κ3) is 4.03. The minimum Gasteiger partial charge on any atom is -0.356 e. The van der Waals surface area contributed by atoms with E-state index >= 15 is 0 Å². The lowest BCUT2D eigenvalue weighted by atomic mass is 9.95. The number of aromatic amines is 1. The zero-order chi connectivity index (χ0) is 21.5. The lowest BCUT2D eigenvalue weighted by Crippen LogP contribution is -2.15. The van der Waals surface area contributed by atoms with Gasteiger partial charge in [-0.3, -0.25) is 4.99 Å². The first-order valence-corrected chi connectivity index (χ1v) is 8.86. The van der Waals surface area contributed by atoms with Crippen LogP contribution in [-0.4, -0.2) is 22.2 Å². The van der Waals surface area contributed by atoms with Crippen LogP contribution in [0.5, 0.6) is 0 Å². The summed E-state index contributed by atoms with van der Waals surface area (Å²) in [7, 11) is 0. The molecule has 1 aliphatic heterocycles. The van der Waals surface area contributed by atoms with Gasteiger partial charge in [-0.15, -0.1) is 0 Å². The third-order valence-electron chi connectivity index (χ3n) is 4.60. The van der Waals surface area contributed by atoms with E-state index in [4.69, 9.17) is 0 Å². The molecule has 0 atom stereocenters. The first-order chi connectivity index (χ1) is 14.1. The molecular formula is C20H14F6N4. The summed E-state index contributed by atoms with van der Waals surface area (Å²) in [5.74, 6) is -1.09. The largest absolute Gasteiger partial charge is 0.449 e. The standard InChI is InChI=1S/C20H14F6N4/c21-19(22,23)12-1-3-13(4-2-12)29-14-5-6-15-11(9-14)7-8-27-17(15)16-10-28-18(30-16)20(24,25)26/h1-6,9-10,29H,7-8H2,(H,28,30). The van der Waals surface area contributed by atoms with Crippen molar-refractivity contribution in [3.05, 3.63) is 76.9 Å². The van der Waals surface area contributed by atoms with Crippen LogP contribution in [0, 0.1) is 0 Å². The number of halogens is 6. The fraction of sp³-hybridized carbons (Fsp3) is 0.200. The van der Waals surface area contributed by atoms with Crippen LogP contribution < -0.4 is 5.32 Å². The van der Waals surface area contributed by atoms with E-state index in [1.165, 1.54) is 18.3 Å². The van der Waals surface area contributed by atoms with Gasteiger partial charge < -0.3 is 10.3 Å². The smallest absolute Gasteiger partial charge is 0.356 e. The fourth-order valence-electron chi connectivity index (χ4n) is 3.20. The van der Waals surface area contributed by atoms with Crippen LogP contribution >= 0.6 is 0 Å². The van der Waals surface area contributed by atoms with Crippen LogP contribution in [0.15, 0.2) is 53.7 Å². The van der Waals surface area contributed by atoms with Crippen molar-refractivity contribution in [2.24, 2.45) is 4.99 Å². The quantitative estimate of drug-likeness (QED) is 0.539. The van der Waals surface area contributed by atoms with Crippen LogP contribution in [-0.2, 0) is 18.8 Å². The van der Waals surface area contributed by atoms with Crippen LogP contribution in [0.1, 0.15) is 28.2 Å². The Balaban J connectivity index is 1.57. The molecule has 4 rings (SSSR count). The van der Waals surface area contributed by atoms with Gasteiger partial charge in [0.15, 0.2) is 0 Å². The molecule has 0 aliphatic carbocycles. The van der Waals surface area contributed by atoms with Crippen molar-refractivity contribution in [1.29, 1.82) is 0 Å². The first kappa shape index (κ1) is 20.0. The Morgan fingerprint density at radius 3 is 2.20 bits per heavy atom. The summed E-state index contributed by atoms with van der Waals surface area (Å²) in [5.41, 5.74) is 2.38.